The predicted molar refractivity (Wildman–Crippen MR) is 75.3 cm³/mol. The van der Waals surface area contributed by atoms with E-state index in [-0.39, 0.29) is 0 Å². The average Bonchev–Trinajstić information content (AvgIpc) is 2.29. The number of anilines is 2. The summed E-state index contributed by atoms with van der Waals surface area (Å²) < 4.78 is 0. The molecule has 0 bridgehead atoms. The summed E-state index contributed by atoms with van der Waals surface area (Å²) in [5.74, 6) is 0.498. The summed E-state index contributed by atoms with van der Waals surface area (Å²) in [4.78, 5) is 0. The molecule has 0 aliphatic heterocycles. The van der Waals surface area contributed by atoms with Crippen LogP contribution in [0.3, 0.4) is 0 Å². The van der Waals surface area contributed by atoms with Gasteiger partial charge in [-0.1, -0.05) is 49.7 Å². The van der Waals surface area contributed by atoms with Crippen molar-refractivity contribution in [2.24, 2.45) is 0 Å². The fourth-order valence-corrected chi connectivity index (χ4v) is 2.03. The van der Waals surface area contributed by atoms with Crippen LogP contribution in [0.4, 0.5) is 11.4 Å². The van der Waals surface area contributed by atoms with Crippen molar-refractivity contribution in [2.75, 3.05) is 5.32 Å². The molecule has 0 spiro atoms. The van der Waals surface area contributed by atoms with Crippen molar-refractivity contribution in [3.63, 3.8) is 0 Å². The highest BCUT2D eigenvalue weighted by Gasteiger charge is 2.05. The van der Waals surface area contributed by atoms with Crippen LogP contribution in [0.5, 0.6) is 0 Å². The molecule has 2 aromatic carbocycles. The topological polar surface area (TPSA) is 12.0 Å². The molecule has 0 atom stereocenters. The molecule has 0 radical (unpaired) electrons. The van der Waals surface area contributed by atoms with Crippen LogP contribution < -0.4 is 5.32 Å². The second-order valence-corrected chi connectivity index (χ2v) is 4.81. The van der Waals surface area contributed by atoms with Crippen LogP contribution in [0.25, 0.3) is 0 Å². The maximum absolute atomic E-state index is 5.97. The van der Waals surface area contributed by atoms with Crippen molar-refractivity contribution in [1.29, 1.82) is 0 Å². The van der Waals surface area contributed by atoms with Crippen LogP contribution in [0.1, 0.15) is 25.3 Å². The highest BCUT2D eigenvalue weighted by Crippen LogP contribution is 2.27. The Morgan fingerprint density at radius 1 is 1.00 bits per heavy atom. The van der Waals surface area contributed by atoms with E-state index < -0.39 is 0 Å². The van der Waals surface area contributed by atoms with Crippen LogP contribution in [0.15, 0.2) is 48.5 Å². The maximum atomic E-state index is 5.97. The molecule has 17 heavy (non-hydrogen) atoms. The molecule has 0 saturated carbocycles. The van der Waals surface area contributed by atoms with Crippen LogP contribution in [-0.4, -0.2) is 0 Å². The van der Waals surface area contributed by atoms with Gasteiger partial charge in [0.1, 0.15) is 0 Å². The van der Waals surface area contributed by atoms with Gasteiger partial charge in [0, 0.05) is 16.4 Å². The number of halogens is 1. The van der Waals surface area contributed by atoms with E-state index in [1.165, 1.54) is 5.56 Å². The average molecular weight is 246 g/mol. The molecule has 0 amide bonds. The van der Waals surface area contributed by atoms with Crippen molar-refractivity contribution in [3.05, 3.63) is 59.1 Å². The Kier molecular flexibility index (Phi) is 3.70. The van der Waals surface area contributed by atoms with E-state index in [4.69, 9.17) is 11.6 Å². The molecule has 88 valence electrons. The van der Waals surface area contributed by atoms with Crippen LogP contribution in [-0.2, 0) is 0 Å². The summed E-state index contributed by atoms with van der Waals surface area (Å²) in [6.45, 7) is 4.39. The molecule has 2 rings (SSSR count). The summed E-state index contributed by atoms with van der Waals surface area (Å²) in [5, 5.41) is 4.16. The summed E-state index contributed by atoms with van der Waals surface area (Å²) in [6, 6.07) is 16.1. The second kappa shape index (κ2) is 5.24. The van der Waals surface area contributed by atoms with Crippen molar-refractivity contribution in [2.45, 2.75) is 19.8 Å². The Labute approximate surface area is 107 Å². The molecule has 0 saturated heterocycles. The first-order valence-corrected chi connectivity index (χ1v) is 6.16. The van der Waals surface area contributed by atoms with Gasteiger partial charge in [-0.2, -0.15) is 0 Å². The molecule has 0 heterocycles. The van der Waals surface area contributed by atoms with Gasteiger partial charge in [-0.3, -0.25) is 0 Å². The van der Waals surface area contributed by atoms with E-state index in [2.05, 4.69) is 37.4 Å². The van der Waals surface area contributed by atoms with Gasteiger partial charge in [-0.25, -0.2) is 0 Å². The highest BCUT2D eigenvalue weighted by molar-refractivity contribution is 6.30. The Hall–Kier alpha value is -1.47. The molecule has 2 aromatic rings. The third-order valence-corrected chi connectivity index (χ3v) is 2.92. The molecule has 0 aromatic heterocycles. The fourth-order valence-electron chi connectivity index (χ4n) is 1.84. The van der Waals surface area contributed by atoms with Gasteiger partial charge in [0.15, 0.2) is 0 Å². The maximum Gasteiger partial charge on any atom is 0.0426 e. The molecule has 1 nitrogen and oxygen atoms in total. The van der Waals surface area contributed by atoms with Crippen LogP contribution in [0, 0.1) is 0 Å². The van der Waals surface area contributed by atoms with E-state index in [9.17, 15) is 0 Å². The molecular formula is C15H16ClN. The number of benzene rings is 2. The summed E-state index contributed by atoms with van der Waals surface area (Å²) in [6.07, 6.45) is 0. The molecule has 0 aliphatic carbocycles. The van der Waals surface area contributed by atoms with Crippen molar-refractivity contribution in [1.82, 2.24) is 0 Å². The summed E-state index contributed by atoms with van der Waals surface area (Å²) in [7, 11) is 0. The molecule has 0 unspecified atom stereocenters. The van der Waals surface area contributed by atoms with Gasteiger partial charge in [0.25, 0.3) is 0 Å². The number of para-hydroxylation sites is 1. The van der Waals surface area contributed by atoms with Gasteiger partial charge >= 0.3 is 0 Å². The highest BCUT2D eigenvalue weighted by atomic mass is 35.5. The minimum atomic E-state index is 0.498. The quantitative estimate of drug-likeness (QED) is 0.783. The van der Waals surface area contributed by atoms with E-state index in [0.717, 1.165) is 16.4 Å². The van der Waals surface area contributed by atoms with Gasteiger partial charge in [-0.15, -0.1) is 0 Å². The lowest BCUT2D eigenvalue weighted by Crippen LogP contribution is -1.97. The molecule has 2 heteroatoms. The second-order valence-electron chi connectivity index (χ2n) is 4.38. The first kappa shape index (κ1) is 12.0. The van der Waals surface area contributed by atoms with E-state index in [0.29, 0.717) is 5.92 Å². The van der Waals surface area contributed by atoms with Gasteiger partial charge in [-0.05, 0) is 35.7 Å². The molecular weight excluding hydrogens is 230 g/mol. The normalized spacial score (nSPS) is 10.6. The van der Waals surface area contributed by atoms with Crippen molar-refractivity contribution >= 4 is 23.0 Å². The minimum Gasteiger partial charge on any atom is -0.355 e. The molecule has 1 N–H and O–H groups in total. The number of hydrogen-bond donors (Lipinski definition) is 1. The van der Waals surface area contributed by atoms with Crippen molar-refractivity contribution < 1.29 is 0 Å². The Morgan fingerprint density at radius 3 is 2.47 bits per heavy atom. The summed E-state index contributed by atoms with van der Waals surface area (Å²) >= 11 is 5.97. The van der Waals surface area contributed by atoms with E-state index in [1.807, 2.05) is 30.3 Å². The van der Waals surface area contributed by atoms with E-state index in [1.54, 1.807) is 0 Å². The van der Waals surface area contributed by atoms with Crippen molar-refractivity contribution in [3.8, 4) is 0 Å². The fraction of sp³-hybridized carbons (Fsp3) is 0.200. The van der Waals surface area contributed by atoms with E-state index >= 15 is 0 Å². The van der Waals surface area contributed by atoms with Gasteiger partial charge in [0.2, 0.25) is 0 Å². The van der Waals surface area contributed by atoms with Gasteiger partial charge in [0.05, 0.1) is 0 Å². The smallest absolute Gasteiger partial charge is 0.0426 e. The largest absolute Gasteiger partial charge is 0.355 e. The first-order valence-electron chi connectivity index (χ1n) is 5.78. The van der Waals surface area contributed by atoms with Crippen LogP contribution >= 0.6 is 11.6 Å². The standard InChI is InChI=1S/C15H16ClN/c1-11(2)14-8-3-4-9-15(14)17-13-7-5-6-12(16)10-13/h3-11,17H,1-2H3. The zero-order valence-electron chi connectivity index (χ0n) is 10.1. The van der Waals surface area contributed by atoms with Gasteiger partial charge < -0.3 is 5.32 Å². The third-order valence-electron chi connectivity index (χ3n) is 2.69. The lowest BCUT2D eigenvalue weighted by Gasteiger charge is -2.14. The Balaban J connectivity index is 2.30. The SMILES string of the molecule is CC(C)c1ccccc1Nc1cccc(Cl)c1. The lowest BCUT2D eigenvalue weighted by atomic mass is 10.0. The number of hydrogen-bond acceptors (Lipinski definition) is 1. The summed E-state index contributed by atoms with van der Waals surface area (Å²) in [5.41, 5.74) is 3.47. The number of rotatable bonds is 3. The first-order chi connectivity index (χ1) is 8.16. The molecule has 0 aliphatic rings. The minimum absolute atomic E-state index is 0.498. The zero-order valence-corrected chi connectivity index (χ0v) is 10.8. The molecule has 0 fully saturated rings. The zero-order chi connectivity index (χ0) is 12.3. The lowest BCUT2D eigenvalue weighted by molar-refractivity contribution is 0.869. The van der Waals surface area contributed by atoms with Crippen LogP contribution in [0.2, 0.25) is 5.02 Å². The monoisotopic (exact) mass is 245 g/mol. The Morgan fingerprint density at radius 2 is 1.76 bits per heavy atom. The number of nitrogens with one attached hydrogen (secondary N) is 1. The third kappa shape index (κ3) is 3.01. The predicted octanol–water partition coefficient (Wildman–Crippen LogP) is 5.21. The Bertz CT molecular complexity index is 506.